The normalized spacial score (nSPS) is 19.0. The van der Waals surface area contributed by atoms with Gasteiger partial charge in [-0.05, 0) is 37.3 Å². The minimum absolute atomic E-state index is 0.0588. The first-order valence-electron chi connectivity index (χ1n) is 11.9. The molecular weight excluding hydrogens is 548 g/mol. The van der Waals surface area contributed by atoms with Crippen molar-refractivity contribution in [3.63, 3.8) is 0 Å². The minimum atomic E-state index is -4.50. The molecule has 0 radical (unpaired) electrons. The summed E-state index contributed by atoms with van der Waals surface area (Å²) in [5.41, 5.74) is -0.524. The van der Waals surface area contributed by atoms with Gasteiger partial charge in [0.15, 0.2) is 11.6 Å². The molecule has 1 amide bonds. The van der Waals surface area contributed by atoms with Gasteiger partial charge in [-0.2, -0.15) is 22.2 Å². The van der Waals surface area contributed by atoms with Crippen LogP contribution in [0.2, 0.25) is 0 Å². The number of rotatable bonds is 7. The summed E-state index contributed by atoms with van der Waals surface area (Å²) in [6.45, 7) is 5.88. The minimum Gasteiger partial charge on any atom is -0.506 e. The van der Waals surface area contributed by atoms with Crippen LogP contribution in [0, 0.1) is 5.92 Å². The van der Waals surface area contributed by atoms with Gasteiger partial charge in [0, 0.05) is 30.6 Å². The van der Waals surface area contributed by atoms with E-state index in [4.69, 9.17) is 5.11 Å². The van der Waals surface area contributed by atoms with Gasteiger partial charge in [-0.25, -0.2) is 4.79 Å². The second kappa shape index (κ2) is 10.1. The zero-order valence-corrected chi connectivity index (χ0v) is 23.2. The molecule has 0 saturated heterocycles. The second-order valence-electron chi connectivity index (χ2n) is 9.88. The number of aliphatic hydroxyl groups excluding tert-OH is 1. The number of aliphatic hydroxyl groups is 1. The molecule has 5 N–H and O–H groups in total. The van der Waals surface area contributed by atoms with E-state index in [1.54, 1.807) is 31.2 Å². The highest BCUT2D eigenvalue weighted by atomic mass is 32.2. The molecule has 1 heterocycles. The predicted octanol–water partition coefficient (Wildman–Crippen LogP) is 4.52. The van der Waals surface area contributed by atoms with Crippen LogP contribution in [0.15, 0.2) is 51.3 Å². The molecule has 0 spiro atoms. The Bertz CT molecular complexity index is 1540. The fraction of sp³-hybridized carbons (Fsp3) is 0.320. The van der Waals surface area contributed by atoms with E-state index in [1.807, 2.05) is 18.6 Å². The largest absolute Gasteiger partial charge is 0.506 e. The van der Waals surface area contributed by atoms with E-state index in [1.165, 1.54) is 6.07 Å². The maximum absolute atomic E-state index is 14.0. The Morgan fingerprint density at radius 3 is 2.54 bits per heavy atom. The number of phenols is 1. The highest BCUT2D eigenvalue weighted by Crippen LogP contribution is 2.48. The first-order chi connectivity index (χ1) is 18.2. The summed E-state index contributed by atoms with van der Waals surface area (Å²) in [5, 5.41) is 42.5. The summed E-state index contributed by atoms with van der Waals surface area (Å²) >= 11 is 0.731. The Kier molecular flexibility index (Phi) is 7.31. The number of nitrogens with one attached hydrogen (secondary N) is 1. The third kappa shape index (κ3) is 4.90. The predicted molar refractivity (Wildman–Crippen MR) is 146 cm³/mol. The monoisotopic (exact) mass is 576 g/mol. The summed E-state index contributed by atoms with van der Waals surface area (Å²) in [7, 11) is -3.67. The van der Waals surface area contributed by atoms with Gasteiger partial charge < -0.3 is 15.3 Å². The molecule has 0 fully saturated rings. The number of amidine groups is 1. The number of Topliss-reactive ketones (excluding diaryl/α,β-unsaturated/α-hetero) is 1. The Morgan fingerprint density at radius 1 is 1.23 bits per heavy atom. The van der Waals surface area contributed by atoms with Crippen molar-refractivity contribution in [1.82, 2.24) is 4.31 Å². The van der Waals surface area contributed by atoms with E-state index in [9.17, 15) is 33.4 Å². The van der Waals surface area contributed by atoms with E-state index >= 15 is 0 Å². The summed E-state index contributed by atoms with van der Waals surface area (Å²) in [4.78, 5) is 25.1. The molecule has 14 heteroatoms. The number of aromatic hydroxyl groups is 1. The second-order valence-corrected chi connectivity index (χ2v) is 12.4. The zero-order valence-electron chi connectivity index (χ0n) is 21.5. The lowest BCUT2D eigenvalue weighted by Gasteiger charge is -2.37. The van der Waals surface area contributed by atoms with E-state index in [2.05, 4.69) is 4.40 Å². The summed E-state index contributed by atoms with van der Waals surface area (Å²) < 4.78 is 30.8. The first kappa shape index (κ1) is 28.3. The number of hydrogen-bond donors (Lipinski definition) is 5. The van der Waals surface area contributed by atoms with Gasteiger partial charge in [0.2, 0.25) is 0 Å². The van der Waals surface area contributed by atoms with Gasteiger partial charge in [-0.1, -0.05) is 38.1 Å². The number of phenolic OH excluding ortho intramolecular Hbond substituents is 1. The Morgan fingerprint density at radius 2 is 1.90 bits per heavy atom. The molecule has 2 aliphatic rings. The Hall–Kier alpha value is -3.75. The van der Waals surface area contributed by atoms with Crippen molar-refractivity contribution in [1.29, 1.82) is 0 Å². The van der Waals surface area contributed by atoms with Gasteiger partial charge >= 0.3 is 16.3 Å². The van der Waals surface area contributed by atoms with Crippen molar-refractivity contribution in [2.45, 2.75) is 43.9 Å². The zero-order chi connectivity index (χ0) is 28.9. The van der Waals surface area contributed by atoms with Crippen LogP contribution in [0.5, 0.6) is 5.75 Å². The molecule has 2 aromatic carbocycles. The molecule has 1 aliphatic carbocycles. The van der Waals surface area contributed by atoms with Crippen LogP contribution >= 0.6 is 11.9 Å². The molecular formula is C25H28N4O8S2. The fourth-order valence-electron chi connectivity index (χ4n) is 4.49. The molecule has 12 nitrogen and oxygen atoms in total. The number of fused-ring (bicyclic) bond motifs is 2. The third-order valence-corrected chi connectivity index (χ3v) is 8.90. The maximum Gasteiger partial charge on any atom is 0.422 e. The van der Waals surface area contributed by atoms with Gasteiger partial charge in [0.1, 0.15) is 22.8 Å². The molecule has 39 heavy (non-hydrogen) atoms. The molecule has 2 aromatic rings. The van der Waals surface area contributed by atoms with Crippen LogP contribution < -0.4 is 9.79 Å². The number of carboxylic acid groups (broad SMARTS) is 1. The quantitative estimate of drug-likeness (QED) is 0.294. The first-order valence-corrected chi connectivity index (χ1v) is 14.1. The van der Waals surface area contributed by atoms with Gasteiger partial charge in [0.25, 0.3) is 0 Å². The number of carbonyl (C=O) groups excluding carboxylic acids is 1. The molecule has 4 rings (SSSR count). The number of hydrogen-bond acceptors (Lipinski definition) is 10. The topological polar surface area (TPSA) is 180 Å². The number of anilines is 2. The van der Waals surface area contributed by atoms with Gasteiger partial charge in [0.05, 0.1) is 16.0 Å². The third-order valence-electron chi connectivity index (χ3n) is 6.76. The van der Waals surface area contributed by atoms with Crippen LogP contribution in [0.25, 0.3) is 5.76 Å². The summed E-state index contributed by atoms with van der Waals surface area (Å²) in [5.74, 6) is -1.37. The average molecular weight is 577 g/mol. The van der Waals surface area contributed by atoms with Crippen molar-refractivity contribution in [2.24, 2.45) is 10.3 Å². The van der Waals surface area contributed by atoms with E-state index in [-0.39, 0.29) is 37.7 Å². The standard InChI is InChI=1S/C25H28N4O8S2/c1-13(2)9-10-25(3)16-8-6-5-7-15(16)21(31)19(22(25)32)23-26-38-18-12-14(11-17(30)20(18)29(23)35)27-39(36,37)28(4)24(33)34/h5-8,11-13,27,30-31,35H,9-10H2,1-4H3,(H,33,34). The van der Waals surface area contributed by atoms with Crippen molar-refractivity contribution >= 4 is 57.0 Å². The highest BCUT2D eigenvalue weighted by molar-refractivity contribution is 7.98. The smallest absolute Gasteiger partial charge is 0.422 e. The maximum atomic E-state index is 14.0. The van der Waals surface area contributed by atoms with Crippen molar-refractivity contribution in [3.8, 4) is 5.75 Å². The van der Waals surface area contributed by atoms with E-state index < -0.39 is 33.3 Å². The number of hydroxylamine groups is 1. The van der Waals surface area contributed by atoms with Crippen LogP contribution in [0.1, 0.15) is 44.7 Å². The lowest BCUT2D eigenvalue weighted by atomic mass is 9.66. The van der Waals surface area contributed by atoms with Gasteiger partial charge in [-0.15, -0.1) is 0 Å². The number of amides is 1. The van der Waals surface area contributed by atoms with Crippen molar-refractivity contribution in [3.05, 3.63) is 53.1 Å². The van der Waals surface area contributed by atoms with Crippen molar-refractivity contribution < 1.29 is 38.5 Å². The summed E-state index contributed by atoms with van der Waals surface area (Å²) in [6, 6.07) is 9.19. The average Bonchev–Trinajstić information content (AvgIpc) is 2.86. The van der Waals surface area contributed by atoms with E-state index in [0.29, 0.717) is 28.5 Å². The fourth-order valence-corrected chi connectivity index (χ4v) is 6.06. The Labute approximate surface area is 229 Å². The van der Waals surface area contributed by atoms with Crippen LogP contribution in [0.4, 0.5) is 16.2 Å². The van der Waals surface area contributed by atoms with Crippen LogP contribution in [-0.4, -0.2) is 58.0 Å². The van der Waals surface area contributed by atoms with Crippen LogP contribution in [0.3, 0.4) is 0 Å². The number of benzene rings is 2. The molecule has 0 aromatic heterocycles. The lowest BCUT2D eigenvalue weighted by Crippen LogP contribution is -2.44. The van der Waals surface area contributed by atoms with Crippen LogP contribution in [-0.2, 0) is 20.4 Å². The Balaban J connectivity index is 1.76. The molecule has 1 aliphatic heterocycles. The molecule has 0 saturated carbocycles. The molecule has 208 valence electrons. The molecule has 1 atom stereocenters. The van der Waals surface area contributed by atoms with Crippen molar-refractivity contribution in [2.75, 3.05) is 16.8 Å². The number of ketones is 1. The lowest BCUT2D eigenvalue weighted by molar-refractivity contribution is -0.120. The van der Waals surface area contributed by atoms with Gasteiger partial charge in [-0.3, -0.25) is 14.7 Å². The summed E-state index contributed by atoms with van der Waals surface area (Å²) in [6.07, 6.45) is -0.505. The SMILES string of the molecule is CC(C)CCC1(C)C(=O)C(C2=NSc3cc(NS(=O)(=O)N(C)C(=O)O)cc(O)c3N2O)=C(O)c2ccccc21. The van der Waals surface area contributed by atoms with E-state index in [0.717, 1.165) is 31.5 Å². The number of carbonyl (C=O) groups is 2. The number of nitrogens with zero attached hydrogens (tertiary/aromatic N) is 3. The molecule has 0 bridgehead atoms. The molecule has 1 unspecified atom stereocenters. The highest BCUT2D eigenvalue weighted by Gasteiger charge is 2.47.